The van der Waals surface area contributed by atoms with Crippen molar-refractivity contribution in [3.05, 3.63) is 84.4 Å². The molecule has 0 radical (unpaired) electrons. The lowest BCUT2D eigenvalue weighted by Crippen LogP contribution is -1.94. The molecule has 0 aliphatic carbocycles. The van der Waals surface area contributed by atoms with E-state index in [0.29, 0.717) is 5.56 Å². The molecule has 0 N–H and O–H groups in total. The lowest BCUT2D eigenvalue weighted by molar-refractivity contribution is -0.394. The molecule has 0 aliphatic heterocycles. The summed E-state index contributed by atoms with van der Waals surface area (Å²) in [5.41, 5.74) is 0.0552. The van der Waals surface area contributed by atoms with Gasteiger partial charge in [0.1, 0.15) is 0 Å². The van der Waals surface area contributed by atoms with Gasteiger partial charge in [-0.05, 0) is 13.0 Å². The predicted octanol–water partition coefficient (Wildman–Crippen LogP) is 3.41. The van der Waals surface area contributed by atoms with E-state index in [9.17, 15) is 30.3 Å². The van der Waals surface area contributed by atoms with Gasteiger partial charge in [-0.25, -0.2) is 0 Å². The molecule has 0 spiro atoms. The first-order chi connectivity index (χ1) is 10.3. The second-order valence-electron chi connectivity index (χ2n) is 4.08. The van der Waals surface area contributed by atoms with E-state index >= 15 is 0 Å². The molecule has 0 amide bonds. The normalized spacial score (nSPS) is 9.32. The summed E-state index contributed by atoms with van der Waals surface area (Å²) in [6.07, 6.45) is 0. The van der Waals surface area contributed by atoms with Crippen molar-refractivity contribution in [2.45, 2.75) is 6.92 Å². The number of para-hydroxylation sites is 1. The molecule has 114 valence electrons. The van der Waals surface area contributed by atoms with E-state index in [1.54, 1.807) is 18.2 Å². The third-order valence-corrected chi connectivity index (χ3v) is 2.57. The van der Waals surface area contributed by atoms with Crippen molar-refractivity contribution in [1.29, 1.82) is 0 Å². The Balaban J connectivity index is 0.000000235. The van der Waals surface area contributed by atoms with Gasteiger partial charge >= 0.3 is 0 Å². The van der Waals surface area contributed by atoms with E-state index < -0.39 is 14.8 Å². The molecule has 0 saturated heterocycles. The van der Waals surface area contributed by atoms with Crippen LogP contribution in [0.1, 0.15) is 5.56 Å². The summed E-state index contributed by atoms with van der Waals surface area (Å²) in [5.74, 6) is 0. The minimum absolute atomic E-state index is 0.137. The van der Waals surface area contributed by atoms with Crippen LogP contribution in [0.5, 0.6) is 0 Å². The van der Waals surface area contributed by atoms with Crippen LogP contribution in [0.25, 0.3) is 0 Å². The van der Waals surface area contributed by atoms with E-state index in [0.717, 1.165) is 6.07 Å². The largest absolute Gasteiger partial charge is 0.279 e. The zero-order valence-corrected chi connectivity index (χ0v) is 11.4. The SMILES string of the molecule is Cc1ccc([N+](=O)[O-])cc1[N+](=O)[O-].O=[N+]([O-])c1ccccc1. The molecule has 0 heterocycles. The van der Waals surface area contributed by atoms with Crippen molar-refractivity contribution in [3.63, 3.8) is 0 Å². The van der Waals surface area contributed by atoms with Crippen molar-refractivity contribution in [1.82, 2.24) is 0 Å². The van der Waals surface area contributed by atoms with E-state index in [-0.39, 0.29) is 17.1 Å². The van der Waals surface area contributed by atoms with Crippen molar-refractivity contribution >= 4 is 17.1 Å². The Bertz CT molecular complexity index is 702. The zero-order valence-electron chi connectivity index (χ0n) is 11.4. The van der Waals surface area contributed by atoms with Gasteiger partial charge in [-0.3, -0.25) is 30.3 Å². The lowest BCUT2D eigenvalue weighted by Gasteiger charge is -1.95. The topological polar surface area (TPSA) is 129 Å². The molecule has 0 aromatic heterocycles. The van der Waals surface area contributed by atoms with Crippen LogP contribution < -0.4 is 0 Å². The Morgan fingerprint density at radius 2 is 1.27 bits per heavy atom. The number of hydrogen-bond acceptors (Lipinski definition) is 6. The summed E-state index contributed by atoms with van der Waals surface area (Å²) >= 11 is 0. The molecule has 2 aromatic rings. The van der Waals surface area contributed by atoms with Crippen LogP contribution >= 0.6 is 0 Å². The number of nitrogens with zero attached hydrogens (tertiary/aromatic N) is 3. The van der Waals surface area contributed by atoms with Crippen LogP contribution in [-0.2, 0) is 0 Å². The van der Waals surface area contributed by atoms with Crippen molar-refractivity contribution < 1.29 is 14.8 Å². The molecule has 9 nitrogen and oxygen atoms in total. The molecule has 2 rings (SSSR count). The third kappa shape index (κ3) is 4.63. The molecular weight excluding hydrogens is 294 g/mol. The first-order valence-corrected chi connectivity index (χ1v) is 5.91. The molecular formula is C13H11N3O6. The summed E-state index contributed by atoms with van der Waals surface area (Å²) in [5, 5.41) is 30.7. The van der Waals surface area contributed by atoms with Crippen LogP contribution in [0.2, 0.25) is 0 Å². The first-order valence-electron chi connectivity index (χ1n) is 5.91. The molecule has 9 heteroatoms. The molecule has 22 heavy (non-hydrogen) atoms. The Hall–Kier alpha value is -3.36. The van der Waals surface area contributed by atoms with Gasteiger partial charge in [0.2, 0.25) is 0 Å². The van der Waals surface area contributed by atoms with E-state index in [1.165, 1.54) is 31.2 Å². The molecule has 0 unspecified atom stereocenters. The fourth-order valence-electron chi connectivity index (χ4n) is 1.46. The molecule has 0 atom stereocenters. The van der Waals surface area contributed by atoms with Crippen LogP contribution in [0.15, 0.2) is 48.5 Å². The van der Waals surface area contributed by atoms with Gasteiger partial charge in [-0.15, -0.1) is 0 Å². The van der Waals surface area contributed by atoms with Crippen molar-refractivity contribution in [2.75, 3.05) is 0 Å². The number of benzene rings is 2. The summed E-state index contributed by atoms with van der Waals surface area (Å²) < 4.78 is 0. The first kappa shape index (κ1) is 16.7. The quantitative estimate of drug-likeness (QED) is 0.631. The second kappa shape index (κ2) is 7.43. The van der Waals surface area contributed by atoms with E-state index in [4.69, 9.17) is 0 Å². The van der Waals surface area contributed by atoms with Crippen molar-refractivity contribution in [2.24, 2.45) is 0 Å². The van der Waals surface area contributed by atoms with Gasteiger partial charge in [0.05, 0.1) is 20.8 Å². The molecule has 0 bridgehead atoms. The average Bonchev–Trinajstić information content (AvgIpc) is 2.48. The Morgan fingerprint density at radius 3 is 1.68 bits per heavy atom. The summed E-state index contributed by atoms with van der Waals surface area (Å²) in [4.78, 5) is 28.9. The predicted molar refractivity (Wildman–Crippen MR) is 77.6 cm³/mol. The second-order valence-corrected chi connectivity index (χ2v) is 4.08. The number of rotatable bonds is 3. The molecule has 2 aromatic carbocycles. The minimum Gasteiger partial charge on any atom is -0.258 e. The van der Waals surface area contributed by atoms with Crippen LogP contribution in [0, 0.1) is 37.3 Å². The van der Waals surface area contributed by atoms with Gasteiger partial charge in [0.25, 0.3) is 17.1 Å². The Morgan fingerprint density at radius 1 is 0.727 bits per heavy atom. The van der Waals surface area contributed by atoms with Crippen LogP contribution in [0.3, 0.4) is 0 Å². The smallest absolute Gasteiger partial charge is 0.258 e. The highest BCUT2D eigenvalue weighted by Gasteiger charge is 2.15. The number of nitro groups is 3. The lowest BCUT2D eigenvalue weighted by atomic mass is 10.2. The Labute approximate surface area is 124 Å². The molecule has 0 saturated carbocycles. The molecule has 0 fully saturated rings. The summed E-state index contributed by atoms with van der Waals surface area (Å²) in [6, 6.07) is 11.5. The Kier molecular flexibility index (Phi) is 5.64. The van der Waals surface area contributed by atoms with Gasteiger partial charge < -0.3 is 0 Å². The van der Waals surface area contributed by atoms with Gasteiger partial charge in [0.15, 0.2) is 0 Å². The number of nitro benzene ring substituents is 3. The minimum atomic E-state index is -0.660. The number of hydrogen-bond donors (Lipinski definition) is 0. The number of non-ortho nitro benzene ring substituents is 2. The maximum atomic E-state index is 10.4. The van der Waals surface area contributed by atoms with Gasteiger partial charge in [-0.2, -0.15) is 0 Å². The van der Waals surface area contributed by atoms with E-state index in [1.807, 2.05) is 0 Å². The van der Waals surface area contributed by atoms with Gasteiger partial charge in [0, 0.05) is 23.8 Å². The van der Waals surface area contributed by atoms with Crippen LogP contribution in [-0.4, -0.2) is 14.8 Å². The zero-order chi connectivity index (χ0) is 16.7. The highest BCUT2D eigenvalue weighted by Crippen LogP contribution is 2.23. The van der Waals surface area contributed by atoms with Gasteiger partial charge in [-0.1, -0.05) is 18.2 Å². The third-order valence-electron chi connectivity index (χ3n) is 2.57. The maximum absolute atomic E-state index is 10.4. The average molecular weight is 305 g/mol. The van der Waals surface area contributed by atoms with E-state index in [2.05, 4.69) is 0 Å². The fraction of sp³-hybridized carbons (Fsp3) is 0.0769. The highest BCUT2D eigenvalue weighted by molar-refractivity contribution is 5.48. The summed E-state index contributed by atoms with van der Waals surface area (Å²) in [6.45, 7) is 1.53. The summed E-state index contributed by atoms with van der Waals surface area (Å²) in [7, 11) is 0. The van der Waals surface area contributed by atoms with Crippen LogP contribution in [0.4, 0.5) is 17.1 Å². The van der Waals surface area contributed by atoms with Crippen molar-refractivity contribution in [3.8, 4) is 0 Å². The monoisotopic (exact) mass is 305 g/mol. The highest BCUT2D eigenvalue weighted by atomic mass is 16.6. The molecule has 0 aliphatic rings. The number of aryl methyl sites for hydroxylation is 1. The standard InChI is InChI=1S/C7H6N2O4.C6H5NO2/c1-5-2-3-6(8(10)11)4-7(5)9(12)13;8-7(9)6-4-2-1-3-5-6/h2-4H,1H3;1-5H. The maximum Gasteiger partial charge on any atom is 0.279 e. The fourth-order valence-corrected chi connectivity index (χ4v) is 1.46.